The molecule has 0 saturated heterocycles. The van der Waals surface area contributed by atoms with Crippen molar-refractivity contribution in [3.05, 3.63) is 23.2 Å². The summed E-state index contributed by atoms with van der Waals surface area (Å²) >= 11 is 12.8. The molecule has 1 aromatic carbocycles. The topological polar surface area (TPSA) is 52.6 Å². The molecule has 1 aliphatic rings. The summed E-state index contributed by atoms with van der Waals surface area (Å²) in [7, 11) is 1.27. The van der Waals surface area contributed by atoms with Gasteiger partial charge in [-0.1, -0.05) is 23.4 Å². The Morgan fingerprint density at radius 1 is 1.52 bits per heavy atom. The van der Waals surface area contributed by atoms with Crippen LogP contribution in [0.5, 0.6) is 5.75 Å². The second-order valence-corrected chi connectivity index (χ2v) is 6.67. The predicted octanol–water partition coefficient (Wildman–Crippen LogP) is 3.32. The summed E-state index contributed by atoms with van der Waals surface area (Å²) in [6.07, 6.45) is 0.813. The number of ether oxygens (including phenoxy) is 2. The largest absolute Gasteiger partial charge is 0.485 e. The molecule has 0 aliphatic carbocycles. The lowest BCUT2D eigenvalue weighted by molar-refractivity contribution is -0.147. The van der Waals surface area contributed by atoms with E-state index in [1.807, 2.05) is 0 Å². The first-order chi connectivity index (χ1) is 10.0. The quantitative estimate of drug-likeness (QED) is 0.474. The molecule has 0 saturated carbocycles. The molecular formula is C14H14Cl2O4S. The monoisotopic (exact) mass is 348 g/mol. The second-order valence-electron chi connectivity index (χ2n) is 4.52. The molecule has 1 aromatic rings. The van der Waals surface area contributed by atoms with Gasteiger partial charge in [-0.25, -0.2) is 0 Å². The molecule has 1 aliphatic heterocycles. The van der Waals surface area contributed by atoms with Gasteiger partial charge < -0.3 is 9.47 Å². The van der Waals surface area contributed by atoms with Crippen molar-refractivity contribution in [2.45, 2.75) is 22.5 Å². The van der Waals surface area contributed by atoms with Crippen molar-refractivity contribution in [2.75, 3.05) is 19.6 Å². The van der Waals surface area contributed by atoms with Crippen LogP contribution < -0.4 is 4.74 Å². The van der Waals surface area contributed by atoms with Crippen molar-refractivity contribution in [1.29, 1.82) is 0 Å². The van der Waals surface area contributed by atoms with Crippen LogP contribution in [-0.2, 0) is 14.3 Å². The molecule has 21 heavy (non-hydrogen) atoms. The van der Waals surface area contributed by atoms with E-state index in [0.29, 0.717) is 34.4 Å². The minimum Gasteiger partial charge on any atom is -0.485 e. The maximum Gasteiger partial charge on any atom is 0.330 e. The van der Waals surface area contributed by atoms with Crippen LogP contribution in [0.4, 0.5) is 0 Å². The van der Waals surface area contributed by atoms with Gasteiger partial charge in [-0.3, -0.25) is 9.59 Å². The third-order valence-corrected chi connectivity index (χ3v) is 5.16. The molecule has 0 bridgehead atoms. The summed E-state index contributed by atoms with van der Waals surface area (Å²) < 4.78 is 8.99. The molecular weight excluding hydrogens is 335 g/mol. The van der Waals surface area contributed by atoms with E-state index in [1.165, 1.54) is 7.11 Å². The lowest BCUT2D eigenvalue weighted by Crippen LogP contribution is -2.46. The van der Waals surface area contributed by atoms with Gasteiger partial charge in [-0.05, 0) is 31.0 Å². The zero-order chi connectivity index (χ0) is 15.5. The first kappa shape index (κ1) is 16.5. The Balaban J connectivity index is 2.46. The van der Waals surface area contributed by atoms with Crippen LogP contribution in [0.25, 0.3) is 0 Å². The fraction of sp³-hybridized carbons (Fsp3) is 0.429. The van der Waals surface area contributed by atoms with Gasteiger partial charge in [0, 0.05) is 10.9 Å². The predicted molar refractivity (Wildman–Crippen MR) is 82.5 cm³/mol. The number of benzene rings is 1. The Morgan fingerprint density at radius 3 is 2.95 bits per heavy atom. The molecule has 0 amide bonds. The van der Waals surface area contributed by atoms with Crippen LogP contribution in [-0.4, -0.2) is 36.1 Å². The van der Waals surface area contributed by atoms with Crippen molar-refractivity contribution < 1.29 is 19.1 Å². The third kappa shape index (κ3) is 3.30. The molecule has 0 N–H and O–H groups in total. The van der Waals surface area contributed by atoms with Crippen LogP contribution in [0.2, 0.25) is 5.02 Å². The van der Waals surface area contributed by atoms with Crippen molar-refractivity contribution in [1.82, 2.24) is 0 Å². The van der Waals surface area contributed by atoms with E-state index >= 15 is 0 Å². The lowest BCUT2D eigenvalue weighted by Gasteiger charge is -2.26. The lowest BCUT2D eigenvalue weighted by atomic mass is 9.97. The van der Waals surface area contributed by atoms with Gasteiger partial charge in [-0.2, -0.15) is 0 Å². The normalized spacial score (nSPS) is 21.2. The van der Waals surface area contributed by atoms with Crippen LogP contribution in [0.15, 0.2) is 23.1 Å². The molecule has 4 nitrogen and oxygen atoms in total. The fourth-order valence-corrected chi connectivity index (χ4v) is 3.86. The van der Waals surface area contributed by atoms with Gasteiger partial charge in [0.2, 0.25) is 0 Å². The average molecular weight is 349 g/mol. The minimum absolute atomic E-state index is 0.182. The van der Waals surface area contributed by atoms with E-state index in [4.69, 9.17) is 32.7 Å². The van der Waals surface area contributed by atoms with Crippen molar-refractivity contribution in [3.63, 3.8) is 0 Å². The van der Waals surface area contributed by atoms with Gasteiger partial charge in [0.15, 0.2) is 10.5 Å². The molecule has 7 heteroatoms. The van der Waals surface area contributed by atoms with Gasteiger partial charge >= 0.3 is 5.97 Å². The molecule has 2 rings (SSSR count). The summed E-state index contributed by atoms with van der Waals surface area (Å²) in [5.74, 6) is -0.0132. The molecule has 1 heterocycles. The number of carbonyl (C=O) groups is 2. The number of rotatable bonds is 4. The Labute approximate surface area is 137 Å². The van der Waals surface area contributed by atoms with Crippen molar-refractivity contribution in [3.8, 4) is 5.75 Å². The summed E-state index contributed by atoms with van der Waals surface area (Å²) in [4.78, 5) is 25.4. The Hall–Kier alpha value is -0.910. The van der Waals surface area contributed by atoms with Gasteiger partial charge in [0.05, 0.1) is 12.0 Å². The zero-order valence-corrected chi connectivity index (χ0v) is 13.7. The highest BCUT2D eigenvalue weighted by Crippen LogP contribution is 2.45. The first-order valence-corrected chi connectivity index (χ1v) is 8.05. The van der Waals surface area contributed by atoms with Crippen molar-refractivity contribution >= 4 is 46.7 Å². The maximum atomic E-state index is 12.5. The number of hydrogen-bond acceptors (Lipinski definition) is 5. The van der Waals surface area contributed by atoms with E-state index in [0.717, 1.165) is 11.8 Å². The number of methoxy groups -OCH3 is 1. The Kier molecular flexibility index (Phi) is 5.41. The van der Waals surface area contributed by atoms with Crippen LogP contribution in [0.3, 0.4) is 0 Å². The Bertz CT molecular complexity index is 564. The van der Waals surface area contributed by atoms with E-state index in [1.54, 1.807) is 18.2 Å². The average Bonchev–Trinajstić information content (AvgIpc) is 2.62. The number of halogens is 2. The number of fused-ring (bicyclic) bond motifs is 1. The van der Waals surface area contributed by atoms with Gasteiger partial charge in [0.25, 0.3) is 0 Å². The van der Waals surface area contributed by atoms with Crippen molar-refractivity contribution in [2.24, 2.45) is 0 Å². The molecule has 0 fully saturated rings. The summed E-state index contributed by atoms with van der Waals surface area (Å²) in [6, 6.07) is 5.04. The van der Waals surface area contributed by atoms with Crippen LogP contribution in [0.1, 0.15) is 12.8 Å². The fourth-order valence-electron chi connectivity index (χ4n) is 2.11. The van der Waals surface area contributed by atoms with Gasteiger partial charge in [0.1, 0.15) is 12.4 Å². The minimum atomic E-state index is -1.33. The molecule has 0 radical (unpaired) electrons. The van der Waals surface area contributed by atoms with Crippen LogP contribution in [0, 0.1) is 0 Å². The van der Waals surface area contributed by atoms with E-state index in [-0.39, 0.29) is 12.4 Å². The van der Waals surface area contributed by atoms with E-state index < -0.39 is 10.7 Å². The summed E-state index contributed by atoms with van der Waals surface area (Å²) in [6.45, 7) is -0.182. The number of ketones is 1. The molecule has 1 unspecified atom stereocenters. The number of thioether (sulfide) groups is 1. The summed E-state index contributed by atoms with van der Waals surface area (Å²) in [5.41, 5.74) is 0. The number of Topliss-reactive ketones (excluding diaryl/α,β-unsaturated/α-hetero) is 1. The highest BCUT2D eigenvalue weighted by atomic mass is 35.5. The highest BCUT2D eigenvalue weighted by Gasteiger charge is 2.49. The standard InChI is InChI=1S/C14H14Cl2O4S/c1-19-13(18)14(5-2-6-15)12(17)8-20-10-4-3-9(16)7-11(10)21-14/h3-4,7H,2,5-6,8H2,1H3. The number of hydrogen-bond donors (Lipinski definition) is 0. The zero-order valence-electron chi connectivity index (χ0n) is 11.4. The first-order valence-electron chi connectivity index (χ1n) is 6.32. The smallest absolute Gasteiger partial charge is 0.330 e. The third-order valence-electron chi connectivity index (χ3n) is 3.18. The van der Waals surface area contributed by atoms with Crippen LogP contribution >= 0.6 is 35.0 Å². The number of alkyl halides is 1. The highest BCUT2D eigenvalue weighted by molar-refractivity contribution is 8.02. The molecule has 0 spiro atoms. The van der Waals surface area contributed by atoms with E-state index in [9.17, 15) is 9.59 Å². The number of carbonyl (C=O) groups excluding carboxylic acids is 2. The van der Waals surface area contributed by atoms with Gasteiger partial charge in [-0.15, -0.1) is 11.6 Å². The SMILES string of the molecule is COC(=O)C1(CCCCl)Sc2cc(Cl)ccc2OCC1=O. The number of esters is 1. The second kappa shape index (κ2) is 6.90. The van der Waals surface area contributed by atoms with E-state index in [2.05, 4.69) is 0 Å². The molecule has 1 atom stereocenters. The molecule has 114 valence electrons. The molecule has 0 aromatic heterocycles. The Morgan fingerprint density at radius 2 is 2.29 bits per heavy atom. The summed E-state index contributed by atoms with van der Waals surface area (Å²) in [5, 5.41) is 0.510. The maximum absolute atomic E-state index is 12.5.